The summed E-state index contributed by atoms with van der Waals surface area (Å²) in [6.07, 6.45) is 0. The average Bonchev–Trinajstić information content (AvgIpc) is 3.31. The lowest BCUT2D eigenvalue weighted by Crippen LogP contribution is -2.57. The lowest BCUT2D eigenvalue weighted by molar-refractivity contribution is 0.440. The molecule has 206 valence electrons. The van der Waals surface area contributed by atoms with Crippen LogP contribution in [0.4, 0.5) is 17.6 Å². The van der Waals surface area contributed by atoms with Gasteiger partial charge in [0.25, 0.3) is 6.71 Å². The van der Waals surface area contributed by atoms with Gasteiger partial charge < -0.3 is 4.74 Å². The number of rotatable bonds is 3. The highest BCUT2D eigenvalue weighted by molar-refractivity contribution is 6.96. The summed E-state index contributed by atoms with van der Waals surface area (Å²) in [7, 11) is 0. The summed E-state index contributed by atoms with van der Waals surface area (Å²) in [5.74, 6) is -2.78. The fourth-order valence-electron chi connectivity index (χ4n) is 7.16. The van der Waals surface area contributed by atoms with Crippen LogP contribution in [0.5, 0.6) is 11.5 Å². The van der Waals surface area contributed by atoms with Crippen molar-refractivity contribution in [1.82, 2.24) is 0 Å². The van der Waals surface area contributed by atoms with E-state index in [4.69, 9.17) is 4.74 Å². The standard InChI is InChI=1S/C37H21BF4O/c39-29-17-8-18-30(40)34(29)38(35-31(41)19-9-20-32(35)42)28-16-7-15-27-36(28)43-33-21-6-5-14-26(33)37(27)24-12-3-1-10-22(24)23-11-2-4-13-25(23)37/h1-21H. The van der Waals surface area contributed by atoms with Crippen LogP contribution >= 0.6 is 0 Å². The van der Waals surface area contributed by atoms with Gasteiger partial charge in [-0.05, 0) is 58.0 Å². The van der Waals surface area contributed by atoms with E-state index in [9.17, 15) is 0 Å². The van der Waals surface area contributed by atoms with Gasteiger partial charge >= 0.3 is 0 Å². The van der Waals surface area contributed by atoms with Crippen molar-refractivity contribution in [2.24, 2.45) is 0 Å². The molecule has 0 saturated heterocycles. The monoisotopic (exact) mass is 568 g/mol. The van der Waals surface area contributed by atoms with Crippen molar-refractivity contribution >= 4 is 23.1 Å². The van der Waals surface area contributed by atoms with Gasteiger partial charge in [0.1, 0.15) is 34.8 Å². The van der Waals surface area contributed by atoms with E-state index in [2.05, 4.69) is 24.3 Å². The smallest absolute Gasteiger partial charge is 0.261 e. The first-order valence-electron chi connectivity index (χ1n) is 14.0. The Kier molecular flexibility index (Phi) is 5.63. The fourth-order valence-corrected chi connectivity index (χ4v) is 7.16. The third-order valence-corrected chi connectivity index (χ3v) is 8.79. The van der Waals surface area contributed by atoms with E-state index in [1.807, 2.05) is 54.6 Å². The van der Waals surface area contributed by atoms with Crippen LogP contribution in [0.1, 0.15) is 22.3 Å². The molecule has 0 fully saturated rings. The van der Waals surface area contributed by atoms with Gasteiger partial charge in [-0.1, -0.05) is 97.1 Å². The second-order valence-corrected chi connectivity index (χ2v) is 10.9. The summed E-state index contributed by atoms with van der Waals surface area (Å²) in [5.41, 5.74) is 4.29. The van der Waals surface area contributed by atoms with Crippen molar-refractivity contribution in [3.05, 3.63) is 173 Å². The zero-order valence-corrected chi connectivity index (χ0v) is 22.6. The molecule has 0 bridgehead atoms. The highest BCUT2D eigenvalue weighted by Crippen LogP contribution is 2.61. The van der Waals surface area contributed by atoms with Crippen LogP contribution in [-0.4, -0.2) is 6.71 Å². The predicted octanol–water partition coefficient (Wildman–Crippen LogP) is 7.23. The molecule has 0 radical (unpaired) electrons. The van der Waals surface area contributed by atoms with Crippen LogP contribution in [0.3, 0.4) is 0 Å². The maximum atomic E-state index is 15.6. The molecule has 0 atom stereocenters. The SMILES string of the molecule is Fc1cccc(F)c1B(c1cccc2c1Oc1ccccc1C21c2ccccc2-c2ccccc21)c1c(F)cccc1F. The predicted molar refractivity (Wildman–Crippen MR) is 161 cm³/mol. The van der Waals surface area contributed by atoms with Crippen molar-refractivity contribution < 1.29 is 22.3 Å². The number of hydrogen-bond acceptors (Lipinski definition) is 1. The minimum Gasteiger partial charge on any atom is -0.457 e. The van der Waals surface area contributed by atoms with Crippen molar-refractivity contribution in [3.63, 3.8) is 0 Å². The summed E-state index contributed by atoms with van der Waals surface area (Å²) in [4.78, 5) is 0. The summed E-state index contributed by atoms with van der Waals surface area (Å²) < 4.78 is 68.9. The fraction of sp³-hybridized carbons (Fsp3) is 0.0270. The molecule has 43 heavy (non-hydrogen) atoms. The Morgan fingerprint density at radius 1 is 0.442 bits per heavy atom. The zero-order valence-electron chi connectivity index (χ0n) is 22.6. The molecule has 0 amide bonds. The van der Waals surface area contributed by atoms with Gasteiger partial charge in [0.05, 0.1) is 5.41 Å². The molecule has 0 saturated carbocycles. The van der Waals surface area contributed by atoms with Crippen LogP contribution in [0, 0.1) is 23.3 Å². The molecule has 1 spiro atoms. The number of halogens is 4. The molecule has 0 aromatic heterocycles. The molecule has 1 aliphatic carbocycles. The lowest BCUT2D eigenvalue weighted by Gasteiger charge is -2.40. The van der Waals surface area contributed by atoms with Crippen LogP contribution in [-0.2, 0) is 5.41 Å². The molecule has 6 aromatic carbocycles. The van der Waals surface area contributed by atoms with Gasteiger partial charge in [0.2, 0.25) is 0 Å². The Bertz CT molecular complexity index is 1950. The van der Waals surface area contributed by atoms with Crippen LogP contribution in [0.2, 0.25) is 0 Å². The van der Waals surface area contributed by atoms with E-state index in [-0.39, 0.29) is 5.46 Å². The van der Waals surface area contributed by atoms with Gasteiger partial charge in [0, 0.05) is 22.1 Å². The second-order valence-electron chi connectivity index (χ2n) is 10.9. The topological polar surface area (TPSA) is 9.23 Å². The molecule has 2 aliphatic rings. The van der Waals surface area contributed by atoms with Crippen molar-refractivity contribution in [2.75, 3.05) is 0 Å². The first-order valence-corrected chi connectivity index (χ1v) is 14.0. The summed E-state index contributed by atoms with van der Waals surface area (Å²) >= 11 is 0. The van der Waals surface area contributed by atoms with E-state index in [0.717, 1.165) is 57.6 Å². The molecule has 8 rings (SSSR count). The minimum absolute atomic E-state index is 0.251. The molecule has 1 nitrogen and oxygen atoms in total. The largest absolute Gasteiger partial charge is 0.457 e. The summed E-state index contributed by atoms with van der Waals surface area (Å²) in [6.45, 7) is -1.48. The number of hydrogen-bond donors (Lipinski definition) is 0. The zero-order chi connectivity index (χ0) is 29.3. The quantitative estimate of drug-likeness (QED) is 0.162. The molecular formula is C37H21BF4O. The first-order chi connectivity index (χ1) is 21.0. The highest BCUT2D eigenvalue weighted by atomic mass is 19.1. The first kappa shape index (κ1) is 25.6. The molecule has 6 aromatic rings. The van der Waals surface area contributed by atoms with E-state index < -0.39 is 46.3 Å². The number of ether oxygens (including phenoxy) is 1. The number of para-hydroxylation sites is 2. The van der Waals surface area contributed by atoms with Crippen molar-refractivity contribution in [3.8, 4) is 22.6 Å². The summed E-state index contributed by atoms with van der Waals surface area (Å²) in [5, 5.41) is 0. The maximum Gasteiger partial charge on any atom is 0.261 e. The Morgan fingerprint density at radius 3 is 1.44 bits per heavy atom. The van der Waals surface area contributed by atoms with Crippen LogP contribution in [0.15, 0.2) is 127 Å². The van der Waals surface area contributed by atoms with E-state index >= 15 is 17.6 Å². The number of fused-ring (bicyclic) bond motifs is 9. The van der Waals surface area contributed by atoms with Crippen LogP contribution < -0.4 is 21.1 Å². The van der Waals surface area contributed by atoms with Gasteiger partial charge in [-0.2, -0.15) is 0 Å². The normalized spacial score (nSPS) is 13.5. The molecule has 0 N–H and O–H groups in total. The lowest BCUT2D eigenvalue weighted by atomic mass is 9.35. The minimum atomic E-state index is -1.48. The maximum absolute atomic E-state index is 15.6. The van der Waals surface area contributed by atoms with Crippen molar-refractivity contribution in [2.45, 2.75) is 5.41 Å². The van der Waals surface area contributed by atoms with Crippen LogP contribution in [0.25, 0.3) is 11.1 Å². The van der Waals surface area contributed by atoms with E-state index in [1.54, 1.807) is 12.1 Å². The average molecular weight is 568 g/mol. The Hall–Kier alpha value is -5.10. The third kappa shape index (κ3) is 3.47. The van der Waals surface area contributed by atoms with Gasteiger partial charge in [-0.15, -0.1) is 0 Å². The Morgan fingerprint density at radius 2 is 0.884 bits per heavy atom. The van der Waals surface area contributed by atoms with Gasteiger partial charge in [0.15, 0.2) is 0 Å². The Balaban J connectivity index is 1.52. The highest BCUT2D eigenvalue weighted by Gasteiger charge is 2.52. The third-order valence-electron chi connectivity index (χ3n) is 8.79. The van der Waals surface area contributed by atoms with Gasteiger partial charge in [-0.3, -0.25) is 0 Å². The van der Waals surface area contributed by atoms with E-state index in [0.29, 0.717) is 11.5 Å². The molecule has 6 heteroatoms. The molecule has 1 aliphatic heterocycles. The molecule has 1 heterocycles. The summed E-state index contributed by atoms with van der Waals surface area (Å²) in [6, 6.07) is 36.2. The number of benzene rings is 6. The Labute approximate surface area is 246 Å². The van der Waals surface area contributed by atoms with Crippen molar-refractivity contribution in [1.29, 1.82) is 0 Å². The molecule has 0 unspecified atom stereocenters. The second kappa shape index (κ2) is 9.46. The van der Waals surface area contributed by atoms with Gasteiger partial charge in [-0.25, -0.2) is 17.6 Å². The van der Waals surface area contributed by atoms with E-state index in [1.165, 1.54) is 12.1 Å². The molecular weight excluding hydrogens is 547 g/mol.